The number of aryl methyl sites for hydroxylation is 1. The molecule has 0 aliphatic carbocycles. The van der Waals surface area contributed by atoms with Gasteiger partial charge in [0.25, 0.3) is 5.56 Å². The van der Waals surface area contributed by atoms with Gasteiger partial charge >= 0.3 is 0 Å². The topological polar surface area (TPSA) is 73.7 Å². The number of hydrogen-bond donors (Lipinski definition) is 1. The van der Waals surface area contributed by atoms with E-state index < -0.39 is 0 Å². The summed E-state index contributed by atoms with van der Waals surface area (Å²) >= 11 is 0. The molecule has 0 aromatic carbocycles. The zero-order valence-electron chi connectivity index (χ0n) is 14.7. The number of carbonyl (C=O) groups excluding carboxylic acids is 1. The van der Waals surface area contributed by atoms with Gasteiger partial charge in [-0.3, -0.25) is 19.6 Å². The van der Waals surface area contributed by atoms with E-state index in [-0.39, 0.29) is 17.5 Å². The third-order valence-corrected chi connectivity index (χ3v) is 5.35. The van der Waals surface area contributed by atoms with Crippen molar-refractivity contribution >= 4 is 11.6 Å². The molecule has 7 heteroatoms. The van der Waals surface area contributed by atoms with Crippen LogP contribution in [0.3, 0.4) is 0 Å². The van der Waals surface area contributed by atoms with Crippen molar-refractivity contribution in [3.05, 3.63) is 33.9 Å². The lowest BCUT2D eigenvalue weighted by Crippen LogP contribution is -2.43. The van der Waals surface area contributed by atoms with Gasteiger partial charge in [0.2, 0.25) is 5.91 Å². The summed E-state index contributed by atoms with van der Waals surface area (Å²) in [5.74, 6) is 0.208. The molecule has 4 rings (SSSR count). The molecule has 0 radical (unpaired) electrons. The van der Waals surface area contributed by atoms with Crippen molar-refractivity contribution in [1.82, 2.24) is 24.4 Å². The van der Waals surface area contributed by atoms with Gasteiger partial charge in [0, 0.05) is 30.9 Å². The molecule has 2 aromatic rings. The normalized spacial score (nSPS) is 22.0. The Bertz CT molecular complexity index is 834. The van der Waals surface area contributed by atoms with Crippen LogP contribution in [0.1, 0.15) is 49.5 Å². The first kappa shape index (κ1) is 16.3. The van der Waals surface area contributed by atoms with E-state index in [0.29, 0.717) is 12.2 Å². The Morgan fingerprint density at radius 2 is 1.96 bits per heavy atom. The monoisotopic (exact) mass is 343 g/mol. The number of hydrogen-bond acceptors (Lipinski definition) is 4. The number of H-pyrrole nitrogens is 1. The third kappa shape index (κ3) is 3.20. The second kappa shape index (κ2) is 6.63. The summed E-state index contributed by atoms with van der Waals surface area (Å²) in [5.41, 5.74) is 2.25. The van der Waals surface area contributed by atoms with E-state index in [9.17, 15) is 9.59 Å². The molecule has 2 fully saturated rings. The third-order valence-electron chi connectivity index (χ3n) is 5.35. The van der Waals surface area contributed by atoms with Crippen LogP contribution in [0.4, 0.5) is 0 Å². The van der Waals surface area contributed by atoms with Crippen molar-refractivity contribution < 1.29 is 4.79 Å². The van der Waals surface area contributed by atoms with Crippen molar-refractivity contribution in [1.29, 1.82) is 0 Å². The Balaban J connectivity index is 1.60. The molecule has 25 heavy (non-hydrogen) atoms. The number of piperidine rings is 1. The molecule has 1 atom stereocenters. The Hall–Kier alpha value is -2.15. The molecule has 7 nitrogen and oxygen atoms in total. The minimum atomic E-state index is -0.0931. The SMILES string of the molecule is Cc1cc2nc(C3CCCCN3CC(=O)N3CCCC3)cc(=O)n2[nH]1. The highest BCUT2D eigenvalue weighted by Crippen LogP contribution is 2.29. The molecule has 2 aliphatic heterocycles. The molecule has 0 bridgehead atoms. The molecular formula is C18H25N5O2. The zero-order chi connectivity index (χ0) is 17.4. The summed E-state index contributed by atoms with van der Waals surface area (Å²) in [6.45, 7) is 4.99. The van der Waals surface area contributed by atoms with Crippen LogP contribution in [-0.2, 0) is 4.79 Å². The molecule has 2 aliphatic rings. The second-order valence-corrected chi connectivity index (χ2v) is 7.22. The number of nitrogens with zero attached hydrogens (tertiary/aromatic N) is 4. The van der Waals surface area contributed by atoms with Gasteiger partial charge in [0.15, 0.2) is 5.65 Å². The minimum Gasteiger partial charge on any atom is -0.342 e. The Morgan fingerprint density at radius 1 is 1.20 bits per heavy atom. The summed E-state index contributed by atoms with van der Waals surface area (Å²) in [5, 5.41) is 3.00. The number of aromatic nitrogens is 3. The number of fused-ring (bicyclic) bond motifs is 1. The number of amides is 1. The number of aromatic amines is 1. The van der Waals surface area contributed by atoms with E-state index in [0.717, 1.165) is 63.1 Å². The lowest BCUT2D eigenvalue weighted by atomic mass is 9.99. The van der Waals surface area contributed by atoms with Gasteiger partial charge in [-0.1, -0.05) is 6.42 Å². The van der Waals surface area contributed by atoms with Crippen LogP contribution < -0.4 is 5.56 Å². The Kier molecular flexibility index (Phi) is 4.33. The molecule has 4 heterocycles. The van der Waals surface area contributed by atoms with Crippen molar-refractivity contribution in [2.75, 3.05) is 26.2 Å². The molecule has 134 valence electrons. The van der Waals surface area contributed by atoms with Crippen molar-refractivity contribution in [2.45, 2.75) is 45.1 Å². The van der Waals surface area contributed by atoms with Crippen LogP contribution in [0, 0.1) is 6.92 Å². The van der Waals surface area contributed by atoms with Crippen LogP contribution in [0.15, 0.2) is 16.9 Å². The van der Waals surface area contributed by atoms with Crippen LogP contribution >= 0.6 is 0 Å². The van der Waals surface area contributed by atoms with Gasteiger partial charge in [-0.15, -0.1) is 0 Å². The quantitative estimate of drug-likeness (QED) is 0.916. The van der Waals surface area contributed by atoms with Gasteiger partial charge in [-0.2, -0.15) is 0 Å². The molecule has 2 saturated heterocycles. The summed E-state index contributed by atoms with van der Waals surface area (Å²) in [7, 11) is 0. The predicted molar refractivity (Wildman–Crippen MR) is 94.5 cm³/mol. The van der Waals surface area contributed by atoms with E-state index in [1.165, 1.54) is 4.52 Å². The first-order valence-corrected chi connectivity index (χ1v) is 9.23. The fourth-order valence-corrected chi connectivity index (χ4v) is 4.06. The standard InChI is InChI=1S/C18H25N5O2/c1-13-10-16-19-14(11-17(24)23(16)20-13)15-6-2-3-9-22(15)12-18(25)21-7-4-5-8-21/h10-11,15,20H,2-9,12H2,1H3. The molecule has 0 spiro atoms. The number of nitrogens with one attached hydrogen (secondary N) is 1. The number of rotatable bonds is 3. The van der Waals surface area contributed by atoms with Crippen LogP contribution in [-0.4, -0.2) is 56.5 Å². The second-order valence-electron chi connectivity index (χ2n) is 7.22. The number of carbonyl (C=O) groups is 1. The summed E-state index contributed by atoms with van der Waals surface area (Å²) in [6, 6.07) is 3.55. The van der Waals surface area contributed by atoms with Gasteiger partial charge < -0.3 is 4.90 Å². The highest BCUT2D eigenvalue weighted by Gasteiger charge is 2.29. The van der Waals surface area contributed by atoms with Crippen LogP contribution in [0.2, 0.25) is 0 Å². The largest absolute Gasteiger partial charge is 0.342 e. The molecule has 2 aromatic heterocycles. The lowest BCUT2D eigenvalue weighted by Gasteiger charge is -2.35. The van der Waals surface area contributed by atoms with E-state index >= 15 is 0 Å². The summed E-state index contributed by atoms with van der Waals surface area (Å²) < 4.78 is 1.47. The fraction of sp³-hybridized carbons (Fsp3) is 0.611. The molecular weight excluding hydrogens is 318 g/mol. The maximum Gasteiger partial charge on any atom is 0.272 e. The van der Waals surface area contributed by atoms with Crippen molar-refractivity contribution in [2.24, 2.45) is 0 Å². The molecule has 1 unspecified atom stereocenters. The highest BCUT2D eigenvalue weighted by molar-refractivity contribution is 5.78. The van der Waals surface area contributed by atoms with E-state index in [1.807, 2.05) is 17.9 Å². The minimum absolute atomic E-state index is 0.0493. The van der Waals surface area contributed by atoms with Gasteiger partial charge in [-0.25, -0.2) is 9.50 Å². The van der Waals surface area contributed by atoms with E-state index in [4.69, 9.17) is 4.98 Å². The zero-order valence-corrected chi connectivity index (χ0v) is 14.7. The fourth-order valence-electron chi connectivity index (χ4n) is 4.06. The summed E-state index contributed by atoms with van der Waals surface area (Å²) in [4.78, 5) is 33.8. The van der Waals surface area contributed by atoms with Gasteiger partial charge in [-0.05, 0) is 39.2 Å². The molecule has 1 N–H and O–H groups in total. The van der Waals surface area contributed by atoms with Gasteiger partial charge in [0.05, 0.1) is 18.3 Å². The Morgan fingerprint density at radius 3 is 2.76 bits per heavy atom. The summed E-state index contributed by atoms with van der Waals surface area (Å²) in [6.07, 6.45) is 5.36. The van der Waals surface area contributed by atoms with Crippen molar-refractivity contribution in [3.8, 4) is 0 Å². The lowest BCUT2D eigenvalue weighted by molar-refractivity contribution is -0.132. The average molecular weight is 343 g/mol. The maximum absolute atomic E-state index is 12.6. The van der Waals surface area contributed by atoms with Crippen molar-refractivity contribution in [3.63, 3.8) is 0 Å². The van der Waals surface area contributed by atoms with Gasteiger partial charge in [0.1, 0.15) is 0 Å². The first-order chi connectivity index (χ1) is 12.1. The van der Waals surface area contributed by atoms with E-state index in [2.05, 4.69) is 10.00 Å². The Labute approximate surface area is 146 Å². The molecule has 1 amide bonds. The number of likely N-dealkylation sites (tertiary alicyclic amines) is 2. The van der Waals surface area contributed by atoms with E-state index in [1.54, 1.807) is 6.07 Å². The average Bonchev–Trinajstić information content (AvgIpc) is 3.24. The van der Waals surface area contributed by atoms with Crippen LogP contribution in [0.5, 0.6) is 0 Å². The molecule has 0 saturated carbocycles. The first-order valence-electron chi connectivity index (χ1n) is 9.23. The predicted octanol–water partition coefficient (Wildman–Crippen LogP) is 1.48. The maximum atomic E-state index is 12.6. The van der Waals surface area contributed by atoms with Crippen LogP contribution in [0.25, 0.3) is 5.65 Å². The highest BCUT2D eigenvalue weighted by atomic mass is 16.2. The smallest absolute Gasteiger partial charge is 0.272 e.